The maximum Gasteiger partial charge on any atom is 0.336 e. The summed E-state index contributed by atoms with van der Waals surface area (Å²) in [4.78, 5) is 23.9. The number of ketones is 1. The Morgan fingerprint density at radius 1 is 1.33 bits per heavy atom. The molecule has 0 aromatic heterocycles. The molecule has 0 radical (unpaired) electrons. The number of hydrogen-bond acceptors (Lipinski definition) is 4. The van der Waals surface area contributed by atoms with Crippen molar-refractivity contribution in [1.29, 1.82) is 0 Å². The summed E-state index contributed by atoms with van der Waals surface area (Å²) in [5.41, 5.74) is -0.531. The number of allylic oxidation sites excluding steroid dienone is 3. The molecule has 144 valence electrons. The van der Waals surface area contributed by atoms with Crippen LogP contribution in [0.3, 0.4) is 0 Å². The Morgan fingerprint density at radius 3 is 2.63 bits per heavy atom. The number of esters is 1. The van der Waals surface area contributed by atoms with E-state index in [0.717, 1.165) is 0 Å². The topological polar surface area (TPSA) is 63.6 Å². The smallest absolute Gasteiger partial charge is 0.336 e. The first-order chi connectivity index (χ1) is 12.6. The highest BCUT2D eigenvalue weighted by molar-refractivity contribution is 5.92. The lowest BCUT2D eigenvalue weighted by molar-refractivity contribution is -0.129. The lowest BCUT2D eigenvalue weighted by Crippen LogP contribution is -2.48. The molecule has 1 unspecified atom stereocenters. The third-order valence-electron chi connectivity index (χ3n) is 4.89. The summed E-state index contributed by atoms with van der Waals surface area (Å²) < 4.78 is 18.1. The molecule has 0 fully saturated rings. The summed E-state index contributed by atoms with van der Waals surface area (Å²) >= 11 is 0. The van der Waals surface area contributed by atoms with Gasteiger partial charge in [-0.15, -0.1) is 0 Å². The average molecular weight is 372 g/mol. The van der Waals surface area contributed by atoms with Crippen LogP contribution in [0.15, 0.2) is 59.7 Å². The zero-order valence-electron chi connectivity index (χ0n) is 16.1. The van der Waals surface area contributed by atoms with E-state index in [4.69, 9.17) is 4.74 Å². The fraction of sp³-hybridized carbons (Fsp3) is 0.364. The Balaban J connectivity index is 2.17. The molecule has 0 heterocycles. The van der Waals surface area contributed by atoms with Crippen molar-refractivity contribution in [1.82, 2.24) is 0 Å². The fourth-order valence-electron chi connectivity index (χ4n) is 3.20. The van der Waals surface area contributed by atoms with Crippen molar-refractivity contribution in [3.63, 3.8) is 0 Å². The Kier molecular flexibility index (Phi) is 6.16. The second-order valence-corrected chi connectivity index (χ2v) is 7.50. The van der Waals surface area contributed by atoms with Crippen LogP contribution in [-0.2, 0) is 16.3 Å². The maximum atomic E-state index is 12.9. The Labute approximate surface area is 159 Å². The summed E-state index contributed by atoms with van der Waals surface area (Å²) in [5, 5.41) is 11.1. The van der Waals surface area contributed by atoms with E-state index in [1.807, 2.05) is 13.8 Å². The molecule has 0 amide bonds. The second-order valence-electron chi connectivity index (χ2n) is 7.50. The maximum absolute atomic E-state index is 12.9. The van der Waals surface area contributed by atoms with Crippen LogP contribution >= 0.6 is 0 Å². The van der Waals surface area contributed by atoms with Crippen molar-refractivity contribution in [2.24, 2.45) is 5.41 Å². The van der Waals surface area contributed by atoms with Crippen LogP contribution < -0.4 is 4.74 Å². The number of rotatable bonds is 5. The molecule has 0 saturated carbocycles. The zero-order chi connectivity index (χ0) is 20.2. The van der Waals surface area contributed by atoms with Crippen molar-refractivity contribution < 1.29 is 23.8 Å². The van der Waals surface area contributed by atoms with Crippen LogP contribution in [0, 0.1) is 5.41 Å². The Bertz CT molecular complexity index is 832. The monoisotopic (exact) mass is 372 g/mol. The van der Waals surface area contributed by atoms with Gasteiger partial charge in [0, 0.05) is 23.5 Å². The molecule has 1 aromatic carbocycles. The van der Waals surface area contributed by atoms with E-state index in [-0.39, 0.29) is 18.0 Å². The molecule has 27 heavy (non-hydrogen) atoms. The number of ether oxygens (including phenoxy) is 1. The predicted molar refractivity (Wildman–Crippen MR) is 102 cm³/mol. The third kappa shape index (κ3) is 4.61. The lowest BCUT2D eigenvalue weighted by atomic mass is 9.64. The summed E-state index contributed by atoms with van der Waals surface area (Å²) in [6.07, 6.45) is 6.18. The molecule has 2 rings (SSSR count). The third-order valence-corrected chi connectivity index (χ3v) is 4.89. The first-order valence-corrected chi connectivity index (χ1v) is 8.76. The zero-order valence-corrected chi connectivity index (χ0v) is 16.1. The van der Waals surface area contributed by atoms with Crippen LogP contribution in [0.5, 0.6) is 5.75 Å². The van der Waals surface area contributed by atoms with Crippen molar-refractivity contribution in [2.75, 3.05) is 0 Å². The van der Waals surface area contributed by atoms with E-state index in [9.17, 15) is 19.1 Å². The number of aliphatic hydroxyl groups is 1. The molecule has 1 aromatic rings. The summed E-state index contributed by atoms with van der Waals surface area (Å²) in [6, 6.07) is 6.42. The number of carbonyl (C=O) groups is 2. The van der Waals surface area contributed by atoms with Gasteiger partial charge in [0.15, 0.2) is 5.78 Å². The normalized spacial score (nSPS) is 22.7. The highest BCUT2D eigenvalue weighted by Gasteiger charge is 2.46. The van der Waals surface area contributed by atoms with E-state index in [0.29, 0.717) is 16.7 Å². The van der Waals surface area contributed by atoms with Crippen LogP contribution in [0.4, 0.5) is 4.39 Å². The van der Waals surface area contributed by atoms with Crippen molar-refractivity contribution in [3.8, 4) is 5.75 Å². The van der Waals surface area contributed by atoms with Gasteiger partial charge >= 0.3 is 5.97 Å². The van der Waals surface area contributed by atoms with E-state index in [1.54, 1.807) is 44.2 Å². The molecule has 0 spiro atoms. The molecule has 0 saturated heterocycles. The Hall–Kier alpha value is -2.53. The largest absolute Gasteiger partial charge is 0.423 e. The highest BCUT2D eigenvalue weighted by Crippen LogP contribution is 2.44. The lowest BCUT2D eigenvalue weighted by Gasteiger charge is -2.43. The summed E-state index contributed by atoms with van der Waals surface area (Å²) in [6.45, 7) is 6.34. The minimum absolute atomic E-state index is 0.0158. The van der Waals surface area contributed by atoms with Gasteiger partial charge in [0.25, 0.3) is 0 Å². The van der Waals surface area contributed by atoms with Crippen molar-refractivity contribution in [2.45, 2.75) is 46.4 Å². The van der Waals surface area contributed by atoms with Crippen LogP contribution in [0.2, 0.25) is 0 Å². The van der Waals surface area contributed by atoms with Gasteiger partial charge in [-0.1, -0.05) is 38.1 Å². The van der Waals surface area contributed by atoms with Gasteiger partial charge in [0.1, 0.15) is 18.0 Å². The number of carbonyl (C=O) groups excluding carboxylic acids is 2. The van der Waals surface area contributed by atoms with Gasteiger partial charge < -0.3 is 9.84 Å². The molecule has 1 atom stereocenters. The summed E-state index contributed by atoms with van der Waals surface area (Å²) in [5.74, 6) is -0.462. The van der Waals surface area contributed by atoms with Gasteiger partial charge in [0.05, 0.1) is 0 Å². The SMILES string of the molecule is CC1=CC(=O)CC(C)(C)C1(O)/C=C/C(C)=C/C(=O)Oc1ccccc1CF. The van der Waals surface area contributed by atoms with E-state index >= 15 is 0 Å². The van der Waals surface area contributed by atoms with Crippen LogP contribution in [0.25, 0.3) is 0 Å². The van der Waals surface area contributed by atoms with Gasteiger partial charge in [-0.25, -0.2) is 9.18 Å². The molecular weight excluding hydrogens is 347 g/mol. The van der Waals surface area contributed by atoms with E-state index in [2.05, 4.69) is 0 Å². The first-order valence-electron chi connectivity index (χ1n) is 8.76. The van der Waals surface area contributed by atoms with E-state index in [1.165, 1.54) is 18.2 Å². The van der Waals surface area contributed by atoms with Crippen LogP contribution in [0.1, 0.15) is 39.7 Å². The standard InChI is InChI=1S/C22H25FO4/c1-15(11-20(25)27-19-8-6-5-7-17(19)14-23)9-10-22(26)16(2)12-18(24)13-21(22,3)4/h5-12,26H,13-14H2,1-4H3/b10-9+,15-11+. The molecule has 1 aliphatic carbocycles. The molecule has 5 heteroatoms. The van der Waals surface area contributed by atoms with Gasteiger partial charge in [0.2, 0.25) is 0 Å². The number of alkyl halides is 1. The number of benzene rings is 1. The van der Waals surface area contributed by atoms with Crippen molar-refractivity contribution in [3.05, 3.63) is 65.3 Å². The van der Waals surface area contributed by atoms with Gasteiger partial charge in [-0.2, -0.15) is 0 Å². The second kappa shape index (κ2) is 8.01. The number of hydrogen-bond donors (Lipinski definition) is 1. The Morgan fingerprint density at radius 2 is 2.00 bits per heavy atom. The highest BCUT2D eigenvalue weighted by atomic mass is 19.1. The molecule has 4 nitrogen and oxygen atoms in total. The van der Waals surface area contributed by atoms with E-state index < -0.39 is 23.7 Å². The quantitative estimate of drug-likeness (QED) is 0.363. The average Bonchev–Trinajstić information content (AvgIpc) is 2.58. The number of para-hydroxylation sites is 1. The minimum Gasteiger partial charge on any atom is -0.423 e. The van der Waals surface area contributed by atoms with Gasteiger partial charge in [-0.05, 0) is 43.2 Å². The first kappa shape index (κ1) is 20.8. The van der Waals surface area contributed by atoms with Crippen LogP contribution in [-0.4, -0.2) is 22.5 Å². The molecule has 1 aliphatic rings. The van der Waals surface area contributed by atoms with Gasteiger partial charge in [-0.3, -0.25) is 4.79 Å². The number of halogens is 1. The molecule has 0 aliphatic heterocycles. The predicted octanol–water partition coefficient (Wildman–Crippen LogP) is 4.24. The van der Waals surface area contributed by atoms with Crippen molar-refractivity contribution >= 4 is 11.8 Å². The molecular formula is C22H25FO4. The minimum atomic E-state index is -1.29. The molecule has 1 N–H and O–H groups in total. The summed E-state index contributed by atoms with van der Waals surface area (Å²) in [7, 11) is 0. The fourth-order valence-corrected chi connectivity index (χ4v) is 3.20. The molecule has 0 bridgehead atoms.